The van der Waals surface area contributed by atoms with Gasteiger partial charge in [0.25, 0.3) is 11.5 Å². The molecule has 5 nitrogen and oxygen atoms in total. The summed E-state index contributed by atoms with van der Waals surface area (Å²) in [4.78, 5) is 33.0. The number of hydrogen-bond donors (Lipinski definition) is 2. The third-order valence-electron chi connectivity index (χ3n) is 4.66. The second kappa shape index (κ2) is 6.80. The van der Waals surface area contributed by atoms with Crippen LogP contribution in [0.25, 0.3) is 22.3 Å². The lowest BCUT2D eigenvalue weighted by atomic mass is 9.95. The zero-order valence-corrected chi connectivity index (χ0v) is 14.6. The summed E-state index contributed by atoms with van der Waals surface area (Å²) in [6, 6.07) is 9.70. The van der Waals surface area contributed by atoms with Gasteiger partial charge in [0.05, 0.1) is 5.39 Å². The van der Waals surface area contributed by atoms with Crippen molar-refractivity contribution in [1.82, 2.24) is 15.3 Å². The van der Waals surface area contributed by atoms with Gasteiger partial charge in [-0.15, -0.1) is 11.3 Å². The van der Waals surface area contributed by atoms with Crippen LogP contribution in [0.5, 0.6) is 0 Å². The fraction of sp³-hybridized carbons (Fsp3) is 0.316. The second-order valence-corrected chi connectivity index (χ2v) is 7.30. The van der Waals surface area contributed by atoms with Crippen molar-refractivity contribution in [3.63, 3.8) is 0 Å². The van der Waals surface area contributed by atoms with E-state index >= 15 is 0 Å². The maximum absolute atomic E-state index is 12.7. The molecule has 128 valence electrons. The van der Waals surface area contributed by atoms with Crippen molar-refractivity contribution >= 4 is 28.1 Å². The van der Waals surface area contributed by atoms with Gasteiger partial charge in [0.1, 0.15) is 16.2 Å². The largest absolute Gasteiger partial charge is 0.349 e. The van der Waals surface area contributed by atoms with Crippen molar-refractivity contribution in [2.24, 2.45) is 0 Å². The number of carbonyl (C=O) groups is 1. The number of nitrogens with one attached hydrogen (secondary N) is 2. The van der Waals surface area contributed by atoms with Gasteiger partial charge in [0, 0.05) is 17.0 Å². The molecule has 25 heavy (non-hydrogen) atoms. The number of amides is 1. The first-order valence-corrected chi connectivity index (χ1v) is 9.48. The molecule has 0 spiro atoms. The van der Waals surface area contributed by atoms with Crippen LogP contribution in [0.4, 0.5) is 0 Å². The fourth-order valence-electron chi connectivity index (χ4n) is 3.33. The van der Waals surface area contributed by atoms with E-state index in [1.54, 1.807) is 5.38 Å². The Hall–Kier alpha value is -2.47. The highest BCUT2D eigenvalue weighted by molar-refractivity contribution is 7.13. The number of hydrogen-bond acceptors (Lipinski definition) is 4. The maximum atomic E-state index is 12.7. The highest BCUT2D eigenvalue weighted by Gasteiger charge is 2.21. The molecular weight excluding hydrogens is 334 g/mol. The van der Waals surface area contributed by atoms with E-state index in [9.17, 15) is 9.59 Å². The lowest BCUT2D eigenvalue weighted by Gasteiger charge is -2.22. The summed E-state index contributed by atoms with van der Waals surface area (Å²) >= 11 is 1.28. The summed E-state index contributed by atoms with van der Waals surface area (Å²) in [5, 5.41) is 5.30. The van der Waals surface area contributed by atoms with Crippen molar-refractivity contribution < 1.29 is 4.79 Å². The van der Waals surface area contributed by atoms with Crippen LogP contribution in [0.15, 0.2) is 40.5 Å². The first kappa shape index (κ1) is 16.0. The first-order chi connectivity index (χ1) is 12.2. The molecule has 1 aliphatic carbocycles. The number of rotatable bonds is 3. The Morgan fingerprint density at radius 2 is 1.92 bits per heavy atom. The molecule has 0 bridgehead atoms. The van der Waals surface area contributed by atoms with Crippen LogP contribution in [0.2, 0.25) is 0 Å². The molecule has 2 heterocycles. The standard InChI is InChI=1S/C19H19N3O2S/c23-18-14-11-25-16(19(24)20-13-9-5-2-6-10-13)15(14)21-17(22-18)12-7-3-1-4-8-12/h1,3-4,7-8,11,13H,2,5-6,9-10H2,(H,20,24)(H,21,22,23). The molecule has 0 aliphatic heterocycles. The minimum Gasteiger partial charge on any atom is -0.349 e. The number of nitrogens with zero attached hydrogens (tertiary/aromatic N) is 1. The van der Waals surface area contributed by atoms with Gasteiger partial charge in [-0.25, -0.2) is 4.98 Å². The summed E-state index contributed by atoms with van der Waals surface area (Å²) in [5.41, 5.74) is 1.10. The summed E-state index contributed by atoms with van der Waals surface area (Å²) in [6.07, 6.45) is 5.61. The van der Waals surface area contributed by atoms with E-state index in [0.29, 0.717) is 21.6 Å². The van der Waals surface area contributed by atoms with Crippen LogP contribution in [0.3, 0.4) is 0 Å². The molecule has 1 aromatic carbocycles. The van der Waals surface area contributed by atoms with Gasteiger partial charge in [-0.05, 0) is 12.8 Å². The topological polar surface area (TPSA) is 74.8 Å². The minimum absolute atomic E-state index is 0.121. The lowest BCUT2D eigenvalue weighted by Crippen LogP contribution is -2.35. The van der Waals surface area contributed by atoms with E-state index in [0.717, 1.165) is 31.2 Å². The predicted octanol–water partition coefficient (Wildman–Crippen LogP) is 3.71. The van der Waals surface area contributed by atoms with Crippen molar-refractivity contribution in [2.75, 3.05) is 0 Å². The number of carbonyl (C=O) groups excluding carboxylic acids is 1. The molecule has 2 aromatic heterocycles. The van der Waals surface area contributed by atoms with E-state index in [1.165, 1.54) is 17.8 Å². The maximum Gasteiger partial charge on any atom is 0.263 e. The summed E-state index contributed by atoms with van der Waals surface area (Å²) in [7, 11) is 0. The van der Waals surface area contributed by atoms with Crippen LogP contribution in [0.1, 0.15) is 41.8 Å². The highest BCUT2D eigenvalue weighted by atomic mass is 32.1. The first-order valence-electron chi connectivity index (χ1n) is 8.60. The second-order valence-electron chi connectivity index (χ2n) is 6.42. The molecule has 4 rings (SSSR count). The number of H-pyrrole nitrogens is 1. The van der Waals surface area contributed by atoms with Crippen LogP contribution in [-0.2, 0) is 0 Å². The highest BCUT2D eigenvalue weighted by Crippen LogP contribution is 2.25. The average Bonchev–Trinajstić information content (AvgIpc) is 3.08. The van der Waals surface area contributed by atoms with Crippen molar-refractivity contribution in [3.05, 3.63) is 50.9 Å². The molecule has 0 atom stereocenters. The molecule has 0 unspecified atom stereocenters. The van der Waals surface area contributed by atoms with Crippen LogP contribution >= 0.6 is 11.3 Å². The van der Waals surface area contributed by atoms with Crippen LogP contribution in [-0.4, -0.2) is 21.9 Å². The van der Waals surface area contributed by atoms with Crippen molar-refractivity contribution in [1.29, 1.82) is 0 Å². The molecule has 1 amide bonds. The van der Waals surface area contributed by atoms with Gasteiger partial charge < -0.3 is 10.3 Å². The van der Waals surface area contributed by atoms with E-state index in [-0.39, 0.29) is 17.5 Å². The van der Waals surface area contributed by atoms with Gasteiger partial charge in [-0.1, -0.05) is 49.6 Å². The molecule has 3 aromatic rings. The Morgan fingerprint density at radius 1 is 1.16 bits per heavy atom. The third kappa shape index (κ3) is 3.22. The number of fused-ring (bicyclic) bond motifs is 1. The zero-order chi connectivity index (χ0) is 17.2. The smallest absolute Gasteiger partial charge is 0.263 e. The van der Waals surface area contributed by atoms with E-state index in [4.69, 9.17) is 0 Å². The summed E-state index contributed by atoms with van der Waals surface area (Å²) in [6.45, 7) is 0. The molecule has 0 radical (unpaired) electrons. The van der Waals surface area contributed by atoms with Gasteiger partial charge in [0.15, 0.2) is 0 Å². The Bertz CT molecular complexity index is 956. The average molecular weight is 353 g/mol. The van der Waals surface area contributed by atoms with E-state index < -0.39 is 0 Å². The summed E-state index contributed by atoms with van der Waals surface area (Å²) in [5.74, 6) is 0.368. The normalized spacial score (nSPS) is 15.4. The summed E-state index contributed by atoms with van der Waals surface area (Å²) < 4.78 is 0. The number of benzene rings is 1. The molecular formula is C19H19N3O2S. The predicted molar refractivity (Wildman–Crippen MR) is 100 cm³/mol. The van der Waals surface area contributed by atoms with Crippen LogP contribution < -0.4 is 10.9 Å². The zero-order valence-electron chi connectivity index (χ0n) is 13.7. The molecule has 1 aliphatic rings. The quantitative estimate of drug-likeness (QED) is 0.754. The Balaban J connectivity index is 1.71. The van der Waals surface area contributed by atoms with E-state index in [1.807, 2.05) is 30.3 Å². The van der Waals surface area contributed by atoms with E-state index in [2.05, 4.69) is 15.3 Å². The number of aromatic nitrogens is 2. The molecule has 2 N–H and O–H groups in total. The lowest BCUT2D eigenvalue weighted by molar-refractivity contribution is 0.0933. The third-order valence-corrected chi connectivity index (χ3v) is 5.63. The number of aromatic amines is 1. The van der Waals surface area contributed by atoms with Gasteiger partial charge in [-0.2, -0.15) is 0 Å². The monoisotopic (exact) mass is 353 g/mol. The fourth-order valence-corrected chi connectivity index (χ4v) is 4.22. The van der Waals surface area contributed by atoms with Crippen molar-refractivity contribution in [2.45, 2.75) is 38.1 Å². The molecule has 1 saturated carbocycles. The van der Waals surface area contributed by atoms with Crippen molar-refractivity contribution in [3.8, 4) is 11.4 Å². The number of thiophene rings is 1. The Morgan fingerprint density at radius 3 is 2.68 bits per heavy atom. The van der Waals surface area contributed by atoms with Gasteiger partial charge in [0.2, 0.25) is 0 Å². The van der Waals surface area contributed by atoms with Gasteiger partial charge >= 0.3 is 0 Å². The minimum atomic E-state index is -0.211. The SMILES string of the molecule is O=C(NC1CCCCC1)c1scc2c(=O)[nH]c(-c3ccccc3)nc12. The Labute approximate surface area is 149 Å². The Kier molecular flexibility index (Phi) is 4.36. The van der Waals surface area contributed by atoms with Gasteiger partial charge in [-0.3, -0.25) is 9.59 Å². The molecule has 6 heteroatoms. The molecule has 1 fully saturated rings. The van der Waals surface area contributed by atoms with Crippen LogP contribution in [0, 0.1) is 0 Å². The molecule has 0 saturated heterocycles.